The summed E-state index contributed by atoms with van der Waals surface area (Å²) < 4.78 is 10.0. The minimum atomic E-state index is -0.939. The van der Waals surface area contributed by atoms with Gasteiger partial charge in [-0.3, -0.25) is 4.79 Å². The fourth-order valence-electron chi connectivity index (χ4n) is 2.82. The Morgan fingerprint density at radius 1 is 1.19 bits per heavy atom. The van der Waals surface area contributed by atoms with E-state index in [1.165, 1.54) is 7.11 Å². The third-order valence-corrected chi connectivity index (χ3v) is 4.02. The number of methoxy groups -OCH3 is 1. The van der Waals surface area contributed by atoms with Gasteiger partial charge in [-0.25, -0.2) is 9.59 Å². The summed E-state index contributed by atoms with van der Waals surface area (Å²) in [7, 11) is 1.26. The first-order chi connectivity index (χ1) is 12.7. The number of hydrogen-bond donors (Lipinski definition) is 2. The van der Waals surface area contributed by atoms with Gasteiger partial charge in [-0.1, -0.05) is 42.5 Å². The Bertz CT molecular complexity index is 709. The number of alkyl carbamates (subject to hydrolysis) is 1. The third kappa shape index (κ3) is 5.84. The molecule has 0 fully saturated rings. The number of nitrogens with one attached hydrogen (secondary N) is 2. The molecule has 2 amide bonds. The van der Waals surface area contributed by atoms with E-state index in [1.807, 2.05) is 42.5 Å². The standard InChI is InChI=1S/C20H26N2O5/c1-20(2,3)27-19(25)22-16-14(13-9-6-5-7-10-13)11-8-12-15(18(24)26-4)21-17(16)23/h5-11,14-16H,12H2,1-4H3,(H,21,23)(H,22,25)/b11-8-. The van der Waals surface area contributed by atoms with Crippen molar-refractivity contribution < 1.29 is 23.9 Å². The Morgan fingerprint density at radius 2 is 1.85 bits per heavy atom. The molecule has 0 bridgehead atoms. The van der Waals surface area contributed by atoms with E-state index in [2.05, 4.69) is 10.6 Å². The van der Waals surface area contributed by atoms with Crippen molar-refractivity contribution in [1.29, 1.82) is 0 Å². The number of benzene rings is 1. The summed E-state index contributed by atoms with van der Waals surface area (Å²) >= 11 is 0. The van der Waals surface area contributed by atoms with Gasteiger partial charge >= 0.3 is 12.1 Å². The molecule has 7 nitrogen and oxygen atoms in total. The normalized spacial score (nSPS) is 24.0. The second kappa shape index (κ2) is 8.70. The van der Waals surface area contributed by atoms with Crippen molar-refractivity contribution in [2.45, 2.75) is 50.8 Å². The van der Waals surface area contributed by atoms with Crippen molar-refractivity contribution in [2.24, 2.45) is 0 Å². The molecule has 0 aliphatic carbocycles. The predicted octanol–water partition coefficient (Wildman–Crippen LogP) is 2.28. The maximum atomic E-state index is 12.9. The summed E-state index contributed by atoms with van der Waals surface area (Å²) in [5, 5.41) is 5.30. The first kappa shape index (κ1) is 20.5. The topological polar surface area (TPSA) is 93.7 Å². The van der Waals surface area contributed by atoms with Gasteiger partial charge in [-0.15, -0.1) is 0 Å². The molecule has 7 heteroatoms. The second-order valence-corrected chi connectivity index (χ2v) is 7.31. The maximum Gasteiger partial charge on any atom is 0.408 e. The van der Waals surface area contributed by atoms with Gasteiger partial charge in [0, 0.05) is 5.92 Å². The third-order valence-electron chi connectivity index (χ3n) is 4.02. The zero-order chi connectivity index (χ0) is 20.0. The highest BCUT2D eigenvalue weighted by molar-refractivity contribution is 5.91. The fraction of sp³-hybridized carbons (Fsp3) is 0.450. The van der Waals surface area contributed by atoms with Gasteiger partial charge < -0.3 is 20.1 Å². The molecule has 2 N–H and O–H groups in total. The molecule has 0 radical (unpaired) electrons. The fourth-order valence-corrected chi connectivity index (χ4v) is 2.82. The summed E-state index contributed by atoms with van der Waals surface area (Å²) in [6.45, 7) is 5.23. The molecule has 27 heavy (non-hydrogen) atoms. The van der Waals surface area contributed by atoms with Gasteiger partial charge in [-0.2, -0.15) is 0 Å². The molecule has 3 atom stereocenters. The molecule has 1 aromatic rings. The minimum Gasteiger partial charge on any atom is -0.467 e. The number of esters is 1. The zero-order valence-corrected chi connectivity index (χ0v) is 16.0. The number of ether oxygens (including phenoxy) is 2. The summed E-state index contributed by atoms with van der Waals surface area (Å²) in [6.07, 6.45) is 3.24. The summed E-state index contributed by atoms with van der Waals surface area (Å²) in [6, 6.07) is 7.62. The van der Waals surface area contributed by atoms with Crippen molar-refractivity contribution in [3.63, 3.8) is 0 Å². The molecule has 1 aromatic carbocycles. The van der Waals surface area contributed by atoms with E-state index in [4.69, 9.17) is 9.47 Å². The first-order valence-corrected chi connectivity index (χ1v) is 8.80. The molecule has 2 rings (SSSR count). The number of carbonyl (C=O) groups excluding carboxylic acids is 3. The highest BCUT2D eigenvalue weighted by Crippen LogP contribution is 2.24. The SMILES string of the molecule is COC(=O)C1C/C=C\C(c2ccccc2)C(NC(=O)OC(C)(C)C)C(=O)N1. The van der Waals surface area contributed by atoms with E-state index in [0.717, 1.165) is 5.56 Å². The Morgan fingerprint density at radius 3 is 2.44 bits per heavy atom. The number of amides is 2. The Balaban J connectivity index is 2.33. The molecule has 1 aliphatic rings. The van der Waals surface area contributed by atoms with E-state index in [-0.39, 0.29) is 0 Å². The van der Waals surface area contributed by atoms with Crippen molar-refractivity contribution in [3.05, 3.63) is 48.0 Å². The molecule has 1 aliphatic heterocycles. The summed E-state index contributed by atoms with van der Waals surface area (Å²) in [5.41, 5.74) is 0.163. The van der Waals surface area contributed by atoms with Crippen LogP contribution in [0.3, 0.4) is 0 Å². The Kier molecular flexibility index (Phi) is 6.60. The van der Waals surface area contributed by atoms with Crippen molar-refractivity contribution in [2.75, 3.05) is 7.11 Å². The van der Waals surface area contributed by atoms with E-state index < -0.39 is 41.6 Å². The molecular weight excluding hydrogens is 348 g/mol. The molecule has 0 saturated heterocycles. The lowest BCUT2D eigenvalue weighted by molar-refractivity contribution is -0.145. The van der Waals surface area contributed by atoms with E-state index >= 15 is 0 Å². The number of rotatable bonds is 3. The summed E-state index contributed by atoms with van der Waals surface area (Å²) in [5.74, 6) is -1.42. The van der Waals surface area contributed by atoms with Crippen LogP contribution < -0.4 is 10.6 Å². The maximum absolute atomic E-state index is 12.9. The highest BCUT2D eigenvalue weighted by atomic mass is 16.6. The molecule has 0 aromatic heterocycles. The lowest BCUT2D eigenvalue weighted by atomic mass is 9.88. The van der Waals surface area contributed by atoms with Crippen molar-refractivity contribution in [3.8, 4) is 0 Å². The van der Waals surface area contributed by atoms with E-state index in [9.17, 15) is 14.4 Å². The monoisotopic (exact) mass is 374 g/mol. The van der Waals surface area contributed by atoms with Gasteiger partial charge in [-0.05, 0) is 32.8 Å². The van der Waals surface area contributed by atoms with Crippen LogP contribution in [-0.4, -0.2) is 42.8 Å². The average molecular weight is 374 g/mol. The van der Waals surface area contributed by atoms with Gasteiger partial charge in [0.15, 0.2) is 0 Å². The van der Waals surface area contributed by atoms with Gasteiger partial charge in [0.1, 0.15) is 17.7 Å². The number of hydrogen-bond acceptors (Lipinski definition) is 5. The molecule has 146 valence electrons. The molecule has 0 spiro atoms. The van der Waals surface area contributed by atoms with Crippen molar-refractivity contribution in [1.82, 2.24) is 10.6 Å². The zero-order valence-electron chi connectivity index (χ0n) is 16.0. The van der Waals surface area contributed by atoms with Crippen LogP contribution in [-0.2, 0) is 19.1 Å². The van der Waals surface area contributed by atoms with Crippen LogP contribution >= 0.6 is 0 Å². The highest BCUT2D eigenvalue weighted by Gasteiger charge is 2.35. The number of carbonyl (C=O) groups is 3. The molecule has 0 saturated carbocycles. The van der Waals surface area contributed by atoms with E-state index in [1.54, 1.807) is 20.8 Å². The van der Waals surface area contributed by atoms with Gasteiger partial charge in [0.2, 0.25) is 5.91 Å². The Hall–Kier alpha value is -2.83. The van der Waals surface area contributed by atoms with Crippen LogP contribution in [0.15, 0.2) is 42.5 Å². The molecular formula is C20H26N2O5. The first-order valence-electron chi connectivity index (χ1n) is 8.80. The largest absolute Gasteiger partial charge is 0.467 e. The quantitative estimate of drug-likeness (QED) is 0.625. The Labute approximate surface area is 159 Å². The van der Waals surface area contributed by atoms with E-state index in [0.29, 0.717) is 6.42 Å². The lowest BCUT2D eigenvalue weighted by Crippen LogP contribution is -2.55. The van der Waals surface area contributed by atoms with Crippen molar-refractivity contribution >= 4 is 18.0 Å². The lowest BCUT2D eigenvalue weighted by Gasteiger charge is -2.30. The average Bonchev–Trinajstić information content (AvgIpc) is 2.59. The van der Waals surface area contributed by atoms with Crippen LogP contribution in [0.2, 0.25) is 0 Å². The molecule has 3 unspecified atom stereocenters. The van der Waals surface area contributed by atoms with Crippen LogP contribution in [0.25, 0.3) is 0 Å². The van der Waals surface area contributed by atoms with Crippen LogP contribution in [0, 0.1) is 0 Å². The van der Waals surface area contributed by atoms with Crippen LogP contribution in [0.1, 0.15) is 38.7 Å². The predicted molar refractivity (Wildman–Crippen MR) is 100 cm³/mol. The van der Waals surface area contributed by atoms with Gasteiger partial charge in [0.25, 0.3) is 0 Å². The second-order valence-electron chi connectivity index (χ2n) is 7.31. The smallest absolute Gasteiger partial charge is 0.408 e. The minimum absolute atomic E-state index is 0.306. The summed E-state index contributed by atoms with van der Waals surface area (Å²) in [4.78, 5) is 37.0. The molecule has 1 heterocycles. The van der Waals surface area contributed by atoms with Gasteiger partial charge in [0.05, 0.1) is 7.11 Å². The van der Waals surface area contributed by atoms with Crippen LogP contribution in [0.4, 0.5) is 4.79 Å². The van der Waals surface area contributed by atoms with Crippen LogP contribution in [0.5, 0.6) is 0 Å².